The zero-order chi connectivity index (χ0) is 19.9. The van der Waals surface area contributed by atoms with Gasteiger partial charge in [0.1, 0.15) is 30.5 Å². The topological polar surface area (TPSA) is 73.2 Å². The van der Waals surface area contributed by atoms with E-state index in [0.29, 0.717) is 5.75 Å². The fraction of sp³-hybridized carbons (Fsp3) is 0.150. The molecule has 0 aliphatic carbocycles. The third-order valence-electron chi connectivity index (χ3n) is 3.85. The quantitative estimate of drug-likeness (QED) is 0.634. The van der Waals surface area contributed by atoms with Gasteiger partial charge in [0.2, 0.25) is 5.91 Å². The van der Waals surface area contributed by atoms with E-state index < -0.39 is 17.3 Å². The van der Waals surface area contributed by atoms with Crippen LogP contribution in [0.25, 0.3) is 11.3 Å². The Morgan fingerprint density at radius 3 is 2.57 bits per heavy atom. The van der Waals surface area contributed by atoms with Crippen LogP contribution < -0.4 is 15.6 Å². The van der Waals surface area contributed by atoms with E-state index in [1.54, 1.807) is 12.1 Å². The van der Waals surface area contributed by atoms with E-state index in [9.17, 15) is 18.4 Å². The standard InChI is InChI=1S/C20H17F2N3O3/c21-14-5-7-15(8-6-14)28-10-9-23-19(26)12-25-13-24-18(11-20(25)27)16-3-1-2-4-17(16)22/h1-8,11,13H,9-10,12H2,(H,23,26). The Kier molecular flexibility index (Phi) is 6.11. The highest BCUT2D eigenvalue weighted by Crippen LogP contribution is 2.18. The molecule has 0 atom stereocenters. The van der Waals surface area contributed by atoms with E-state index in [0.717, 1.165) is 4.57 Å². The molecule has 6 nitrogen and oxygen atoms in total. The third kappa shape index (κ3) is 5.00. The molecule has 28 heavy (non-hydrogen) atoms. The normalized spacial score (nSPS) is 10.5. The number of amides is 1. The zero-order valence-corrected chi connectivity index (χ0v) is 14.8. The Balaban J connectivity index is 1.52. The van der Waals surface area contributed by atoms with Crippen molar-refractivity contribution in [3.8, 4) is 17.0 Å². The molecule has 1 aromatic heterocycles. The molecular formula is C20H17F2N3O3. The minimum Gasteiger partial charge on any atom is -0.492 e. The smallest absolute Gasteiger partial charge is 0.254 e. The van der Waals surface area contributed by atoms with Gasteiger partial charge in [0, 0.05) is 11.6 Å². The van der Waals surface area contributed by atoms with Gasteiger partial charge in [-0.25, -0.2) is 13.8 Å². The number of aromatic nitrogens is 2. The van der Waals surface area contributed by atoms with Crippen LogP contribution in [0.4, 0.5) is 8.78 Å². The monoisotopic (exact) mass is 385 g/mol. The predicted octanol–water partition coefficient (Wildman–Crippen LogP) is 2.38. The number of rotatable bonds is 7. The second kappa shape index (κ2) is 8.90. The summed E-state index contributed by atoms with van der Waals surface area (Å²) in [6.45, 7) is 0.183. The Morgan fingerprint density at radius 1 is 1.11 bits per heavy atom. The van der Waals surface area contributed by atoms with E-state index in [4.69, 9.17) is 4.74 Å². The average Bonchev–Trinajstić information content (AvgIpc) is 2.69. The first kappa shape index (κ1) is 19.2. The van der Waals surface area contributed by atoms with Gasteiger partial charge in [0.15, 0.2) is 0 Å². The maximum absolute atomic E-state index is 13.8. The lowest BCUT2D eigenvalue weighted by Gasteiger charge is -2.09. The summed E-state index contributed by atoms with van der Waals surface area (Å²) in [4.78, 5) is 28.2. The van der Waals surface area contributed by atoms with Gasteiger partial charge in [-0.15, -0.1) is 0 Å². The van der Waals surface area contributed by atoms with E-state index >= 15 is 0 Å². The fourth-order valence-corrected chi connectivity index (χ4v) is 2.46. The number of nitrogens with one attached hydrogen (secondary N) is 1. The molecule has 0 saturated carbocycles. The van der Waals surface area contributed by atoms with Crippen molar-refractivity contribution in [1.29, 1.82) is 0 Å². The maximum Gasteiger partial charge on any atom is 0.254 e. The van der Waals surface area contributed by atoms with Crippen LogP contribution in [-0.4, -0.2) is 28.6 Å². The lowest BCUT2D eigenvalue weighted by molar-refractivity contribution is -0.121. The van der Waals surface area contributed by atoms with Crippen molar-refractivity contribution in [2.75, 3.05) is 13.2 Å². The SMILES string of the molecule is O=C(Cn1cnc(-c2ccccc2F)cc1=O)NCCOc1ccc(F)cc1. The highest BCUT2D eigenvalue weighted by atomic mass is 19.1. The van der Waals surface area contributed by atoms with Gasteiger partial charge in [-0.3, -0.25) is 14.2 Å². The Hall–Kier alpha value is -3.55. The number of ether oxygens (including phenoxy) is 1. The number of nitrogens with zero attached hydrogens (tertiary/aromatic N) is 2. The van der Waals surface area contributed by atoms with Gasteiger partial charge in [0.05, 0.1) is 18.6 Å². The number of hydrogen-bond donors (Lipinski definition) is 1. The summed E-state index contributed by atoms with van der Waals surface area (Å²) >= 11 is 0. The molecule has 3 rings (SSSR count). The molecule has 1 heterocycles. The van der Waals surface area contributed by atoms with Crippen molar-refractivity contribution >= 4 is 5.91 Å². The van der Waals surface area contributed by atoms with Crippen molar-refractivity contribution in [3.05, 3.63) is 82.9 Å². The lowest BCUT2D eigenvalue weighted by Crippen LogP contribution is -2.34. The van der Waals surface area contributed by atoms with Gasteiger partial charge in [-0.1, -0.05) is 12.1 Å². The van der Waals surface area contributed by atoms with Crippen LogP contribution >= 0.6 is 0 Å². The Morgan fingerprint density at radius 2 is 1.86 bits per heavy atom. The van der Waals surface area contributed by atoms with Crippen LogP contribution in [0.1, 0.15) is 0 Å². The molecule has 3 aromatic rings. The minimum absolute atomic E-state index is 0.191. The number of halogens is 2. The van der Waals surface area contributed by atoms with E-state index in [1.165, 1.54) is 48.8 Å². The van der Waals surface area contributed by atoms with Crippen LogP contribution in [0.5, 0.6) is 5.75 Å². The molecule has 0 unspecified atom stereocenters. The molecule has 0 saturated heterocycles. The minimum atomic E-state index is -0.481. The summed E-state index contributed by atoms with van der Waals surface area (Å²) in [6, 6.07) is 12.7. The molecule has 2 aromatic carbocycles. The highest BCUT2D eigenvalue weighted by Gasteiger charge is 2.09. The lowest BCUT2D eigenvalue weighted by atomic mass is 10.1. The van der Waals surface area contributed by atoms with E-state index in [1.807, 2.05) is 0 Å². The summed E-state index contributed by atoms with van der Waals surface area (Å²) in [7, 11) is 0. The number of benzene rings is 2. The number of carbonyl (C=O) groups is 1. The maximum atomic E-state index is 13.8. The Labute approximate surface area is 159 Å². The van der Waals surface area contributed by atoms with Crippen molar-refractivity contribution in [1.82, 2.24) is 14.9 Å². The average molecular weight is 385 g/mol. The molecule has 0 spiro atoms. The van der Waals surface area contributed by atoms with Gasteiger partial charge in [-0.05, 0) is 36.4 Å². The summed E-state index contributed by atoms with van der Waals surface area (Å²) in [6.07, 6.45) is 1.21. The third-order valence-corrected chi connectivity index (χ3v) is 3.85. The first-order valence-electron chi connectivity index (χ1n) is 8.49. The second-order valence-electron chi connectivity index (χ2n) is 5.87. The van der Waals surface area contributed by atoms with Crippen LogP contribution in [0.15, 0.2) is 65.7 Å². The molecule has 8 heteroatoms. The van der Waals surface area contributed by atoms with Crippen LogP contribution in [-0.2, 0) is 11.3 Å². The molecule has 0 aliphatic rings. The Bertz CT molecular complexity index is 1020. The summed E-state index contributed by atoms with van der Waals surface area (Å²) in [5.41, 5.74) is -0.0486. The number of carbonyl (C=O) groups excluding carboxylic acids is 1. The molecule has 0 aliphatic heterocycles. The zero-order valence-electron chi connectivity index (χ0n) is 14.8. The highest BCUT2D eigenvalue weighted by molar-refractivity contribution is 5.75. The summed E-state index contributed by atoms with van der Waals surface area (Å²) in [5.74, 6) is -0.753. The van der Waals surface area contributed by atoms with Crippen molar-refractivity contribution in [3.63, 3.8) is 0 Å². The van der Waals surface area contributed by atoms with Gasteiger partial charge in [0.25, 0.3) is 5.56 Å². The first-order chi connectivity index (χ1) is 13.5. The largest absolute Gasteiger partial charge is 0.492 e. The van der Waals surface area contributed by atoms with E-state index in [2.05, 4.69) is 10.3 Å². The van der Waals surface area contributed by atoms with Gasteiger partial charge in [-0.2, -0.15) is 0 Å². The molecule has 0 bridgehead atoms. The predicted molar refractivity (Wildman–Crippen MR) is 98.8 cm³/mol. The summed E-state index contributed by atoms with van der Waals surface area (Å²) < 4.78 is 33.1. The number of hydrogen-bond acceptors (Lipinski definition) is 4. The van der Waals surface area contributed by atoms with Crippen LogP contribution in [0, 0.1) is 11.6 Å². The van der Waals surface area contributed by atoms with Crippen LogP contribution in [0.2, 0.25) is 0 Å². The van der Waals surface area contributed by atoms with Crippen molar-refractivity contribution in [2.24, 2.45) is 0 Å². The van der Waals surface area contributed by atoms with Crippen molar-refractivity contribution < 1.29 is 18.3 Å². The van der Waals surface area contributed by atoms with Crippen molar-refractivity contribution in [2.45, 2.75) is 6.54 Å². The van der Waals surface area contributed by atoms with Crippen LogP contribution in [0.3, 0.4) is 0 Å². The van der Waals surface area contributed by atoms with Gasteiger partial charge < -0.3 is 10.1 Å². The summed E-state index contributed by atoms with van der Waals surface area (Å²) in [5, 5.41) is 2.61. The second-order valence-corrected chi connectivity index (χ2v) is 5.87. The fourth-order valence-electron chi connectivity index (χ4n) is 2.46. The molecule has 144 valence electrons. The molecule has 0 fully saturated rings. The van der Waals surface area contributed by atoms with Gasteiger partial charge >= 0.3 is 0 Å². The van der Waals surface area contributed by atoms with E-state index in [-0.39, 0.29) is 36.8 Å². The molecule has 1 N–H and O–H groups in total. The first-order valence-corrected chi connectivity index (χ1v) is 8.49. The molecule has 1 amide bonds. The molecule has 0 radical (unpaired) electrons. The molecular weight excluding hydrogens is 368 g/mol.